The van der Waals surface area contributed by atoms with Gasteiger partial charge in [-0.15, -0.1) is 21.5 Å². The van der Waals surface area contributed by atoms with Crippen LogP contribution in [0.1, 0.15) is 10.0 Å². The van der Waals surface area contributed by atoms with Crippen LogP contribution in [0.15, 0.2) is 24.3 Å². The van der Waals surface area contributed by atoms with E-state index in [-0.39, 0.29) is 0 Å². The van der Waals surface area contributed by atoms with E-state index in [9.17, 15) is 0 Å². The van der Waals surface area contributed by atoms with E-state index < -0.39 is 0 Å². The van der Waals surface area contributed by atoms with Crippen molar-refractivity contribution < 1.29 is 0 Å². The van der Waals surface area contributed by atoms with E-state index in [0.717, 1.165) is 48.6 Å². The summed E-state index contributed by atoms with van der Waals surface area (Å²) in [4.78, 5) is 4.85. The first-order chi connectivity index (χ1) is 10.8. The van der Waals surface area contributed by atoms with Gasteiger partial charge in [-0.3, -0.25) is 4.90 Å². The molecule has 5 nitrogen and oxygen atoms in total. The molecule has 1 fully saturated rings. The van der Waals surface area contributed by atoms with Crippen molar-refractivity contribution >= 4 is 38.8 Å². The minimum Gasteiger partial charge on any atom is -0.353 e. The number of aromatic nitrogens is 3. The molecule has 3 aromatic rings. The number of rotatable bonds is 3. The Bertz CT molecular complexity index is 773. The summed E-state index contributed by atoms with van der Waals surface area (Å²) in [7, 11) is 0. The largest absolute Gasteiger partial charge is 0.353 e. The number of aryl methyl sites for hydroxylation is 1. The lowest BCUT2D eigenvalue weighted by Crippen LogP contribution is -2.46. The summed E-state index contributed by atoms with van der Waals surface area (Å²) in [5.74, 6) is 1.15. The predicted octanol–water partition coefficient (Wildman–Crippen LogP) is 2.78. The molecule has 0 spiro atoms. The molecule has 0 amide bonds. The van der Waals surface area contributed by atoms with Gasteiger partial charge in [-0.1, -0.05) is 12.1 Å². The van der Waals surface area contributed by atoms with Crippen LogP contribution >= 0.6 is 22.9 Å². The quantitative estimate of drug-likeness (QED) is 0.738. The fourth-order valence-electron chi connectivity index (χ4n) is 2.81. The molecule has 22 heavy (non-hydrogen) atoms. The third kappa shape index (κ3) is 2.71. The van der Waals surface area contributed by atoms with Crippen LogP contribution in [-0.4, -0.2) is 45.6 Å². The topological polar surface area (TPSA) is 45.2 Å². The van der Waals surface area contributed by atoms with Crippen molar-refractivity contribution in [2.24, 2.45) is 0 Å². The summed E-state index contributed by atoms with van der Waals surface area (Å²) in [5, 5.41) is 11.8. The van der Waals surface area contributed by atoms with E-state index in [1.165, 1.54) is 10.1 Å². The van der Waals surface area contributed by atoms with Crippen LogP contribution < -0.4 is 4.90 Å². The van der Waals surface area contributed by atoms with Gasteiger partial charge in [0.1, 0.15) is 15.8 Å². The van der Waals surface area contributed by atoms with Gasteiger partial charge in [0.05, 0.1) is 11.2 Å². The van der Waals surface area contributed by atoms with E-state index in [2.05, 4.69) is 48.6 Å². The summed E-state index contributed by atoms with van der Waals surface area (Å²) in [6, 6.07) is 8.48. The van der Waals surface area contributed by atoms with Gasteiger partial charge in [-0.05, 0) is 30.6 Å². The summed E-state index contributed by atoms with van der Waals surface area (Å²) >= 11 is 3.29. The maximum absolute atomic E-state index is 4.66. The molecule has 1 saturated heterocycles. The molecule has 0 N–H and O–H groups in total. The van der Waals surface area contributed by atoms with Crippen molar-refractivity contribution in [2.45, 2.75) is 13.5 Å². The molecule has 0 aliphatic carbocycles. The zero-order valence-electron chi connectivity index (χ0n) is 12.4. The van der Waals surface area contributed by atoms with Gasteiger partial charge in [0.15, 0.2) is 0 Å². The van der Waals surface area contributed by atoms with Gasteiger partial charge in [-0.2, -0.15) is 4.37 Å². The SMILES string of the molecule is Cc1nnc(CN2CCN(c3nsc4ccccc34)CC2)s1. The molecule has 2 aromatic heterocycles. The molecule has 7 heteroatoms. The lowest BCUT2D eigenvalue weighted by atomic mass is 10.2. The number of fused-ring (bicyclic) bond motifs is 1. The van der Waals surface area contributed by atoms with Crippen molar-refractivity contribution in [2.75, 3.05) is 31.1 Å². The number of hydrogen-bond acceptors (Lipinski definition) is 7. The highest BCUT2D eigenvalue weighted by atomic mass is 32.1. The number of anilines is 1. The molecule has 4 rings (SSSR count). The van der Waals surface area contributed by atoms with Gasteiger partial charge in [0, 0.05) is 31.6 Å². The lowest BCUT2D eigenvalue weighted by molar-refractivity contribution is 0.249. The summed E-state index contributed by atoms with van der Waals surface area (Å²) in [6.45, 7) is 7.05. The molecule has 0 saturated carbocycles. The summed E-state index contributed by atoms with van der Waals surface area (Å²) in [5.41, 5.74) is 0. The van der Waals surface area contributed by atoms with Crippen molar-refractivity contribution in [1.82, 2.24) is 19.5 Å². The molecular weight excluding hydrogens is 314 g/mol. The van der Waals surface area contributed by atoms with Crippen LogP contribution in [0.5, 0.6) is 0 Å². The summed E-state index contributed by atoms with van der Waals surface area (Å²) in [6.07, 6.45) is 0. The maximum Gasteiger partial charge on any atom is 0.150 e. The highest BCUT2D eigenvalue weighted by molar-refractivity contribution is 7.13. The highest BCUT2D eigenvalue weighted by Gasteiger charge is 2.21. The van der Waals surface area contributed by atoms with E-state index in [0.29, 0.717) is 0 Å². The standard InChI is InChI=1S/C15H17N5S2/c1-11-16-17-14(21-11)10-19-6-8-20(9-7-19)15-12-4-2-3-5-13(12)22-18-15/h2-5H,6-10H2,1H3. The fraction of sp³-hybridized carbons (Fsp3) is 0.400. The zero-order chi connectivity index (χ0) is 14.9. The third-order valence-corrected chi connectivity index (χ3v) is 5.60. The Balaban J connectivity index is 1.43. The highest BCUT2D eigenvalue weighted by Crippen LogP contribution is 2.29. The third-order valence-electron chi connectivity index (χ3n) is 3.96. The van der Waals surface area contributed by atoms with Crippen LogP contribution in [0.3, 0.4) is 0 Å². The minimum atomic E-state index is 0.914. The second kappa shape index (κ2) is 5.91. The minimum absolute atomic E-state index is 0.914. The Kier molecular flexibility index (Phi) is 3.77. The molecule has 3 heterocycles. The first-order valence-corrected chi connectivity index (χ1v) is 8.99. The van der Waals surface area contributed by atoms with Gasteiger partial charge in [0.25, 0.3) is 0 Å². The number of piperazine rings is 1. The van der Waals surface area contributed by atoms with E-state index in [4.69, 9.17) is 0 Å². The first-order valence-electron chi connectivity index (χ1n) is 7.40. The molecule has 0 unspecified atom stereocenters. The van der Waals surface area contributed by atoms with Crippen LogP contribution in [0.2, 0.25) is 0 Å². The van der Waals surface area contributed by atoms with Crippen LogP contribution in [0.25, 0.3) is 10.1 Å². The molecule has 0 atom stereocenters. The second-order valence-corrected chi connectivity index (χ2v) is 7.55. The van der Waals surface area contributed by atoms with Gasteiger partial charge >= 0.3 is 0 Å². The number of nitrogens with zero attached hydrogens (tertiary/aromatic N) is 5. The smallest absolute Gasteiger partial charge is 0.150 e. The number of hydrogen-bond donors (Lipinski definition) is 0. The average molecular weight is 331 g/mol. The van der Waals surface area contributed by atoms with Crippen LogP contribution in [-0.2, 0) is 6.54 Å². The zero-order valence-corrected chi connectivity index (χ0v) is 14.0. The van der Waals surface area contributed by atoms with Crippen molar-refractivity contribution in [3.8, 4) is 0 Å². The molecule has 1 aliphatic rings. The van der Waals surface area contributed by atoms with Crippen LogP contribution in [0.4, 0.5) is 5.82 Å². The summed E-state index contributed by atoms with van der Waals surface area (Å²) < 4.78 is 5.93. The Morgan fingerprint density at radius 2 is 1.91 bits per heavy atom. The van der Waals surface area contributed by atoms with Gasteiger partial charge < -0.3 is 4.90 Å². The van der Waals surface area contributed by atoms with Gasteiger partial charge in [-0.25, -0.2) is 0 Å². The molecule has 0 bridgehead atoms. The van der Waals surface area contributed by atoms with Crippen molar-refractivity contribution in [3.63, 3.8) is 0 Å². The van der Waals surface area contributed by atoms with E-state index >= 15 is 0 Å². The Labute approximate surface area is 137 Å². The monoisotopic (exact) mass is 331 g/mol. The molecule has 0 radical (unpaired) electrons. The van der Waals surface area contributed by atoms with Gasteiger partial charge in [0.2, 0.25) is 0 Å². The normalized spacial score (nSPS) is 16.5. The second-order valence-electron chi connectivity index (χ2n) is 5.48. The average Bonchev–Trinajstić information content (AvgIpc) is 3.14. The molecule has 114 valence electrons. The van der Waals surface area contributed by atoms with Crippen molar-refractivity contribution in [3.05, 3.63) is 34.3 Å². The predicted molar refractivity (Wildman–Crippen MR) is 91.8 cm³/mol. The lowest BCUT2D eigenvalue weighted by Gasteiger charge is -2.34. The Morgan fingerprint density at radius 1 is 1.09 bits per heavy atom. The Morgan fingerprint density at radius 3 is 2.68 bits per heavy atom. The fourth-order valence-corrected chi connectivity index (χ4v) is 4.36. The first kappa shape index (κ1) is 14.0. The molecule has 1 aliphatic heterocycles. The molecular formula is C15H17N5S2. The van der Waals surface area contributed by atoms with Crippen LogP contribution in [0, 0.1) is 6.92 Å². The Hall–Kier alpha value is -1.57. The molecule has 1 aromatic carbocycles. The number of benzene rings is 1. The van der Waals surface area contributed by atoms with E-state index in [1.54, 1.807) is 22.9 Å². The van der Waals surface area contributed by atoms with Crippen molar-refractivity contribution in [1.29, 1.82) is 0 Å². The van der Waals surface area contributed by atoms with E-state index in [1.807, 2.05) is 6.92 Å². The maximum atomic E-state index is 4.66.